The van der Waals surface area contributed by atoms with E-state index in [0.29, 0.717) is 0 Å². The van der Waals surface area contributed by atoms with Gasteiger partial charge in [0.25, 0.3) is 0 Å². The highest BCUT2D eigenvalue weighted by atomic mass is 16.7. The van der Waals surface area contributed by atoms with E-state index in [-0.39, 0.29) is 0 Å². The molecule has 7 aromatic rings. The van der Waals surface area contributed by atoms with E-state index in [9.17, 15) is 0 Å². The Kier molecular flexibility index (Phi) is 5.74. The Balaban J connectivity index is 1.43. The third-order valence-corrected chi connectivity index (χ3v) is 9.34. The normalized spacial score (nSPS) is 16.0. The number of nitrogens with zero attached hydrogens (tertiary/aromatic N) is 2. The molecule has 0 spiro atoms. The molecule has 0 N–H and O–H groups in total. The molecule has 1 aliphatic heterocycles. The third-order valence-electron chi connectivity index (χ3n) is 9.34. The zero-order valence-corrected chi connectivity index (χ0v) is 24.9. The van der Waals surface area contributed by atoms with E-state index < -0.39 is 18.3 Å². The SMILES string of the molecule is CC1(C)OB(c2ccc3c(c2)c2cc4c(cc(-c5ccccc5)n4-c4ccccc4)cc2n3-c2ccccc2)OC1(C)C. The van der Waals surface area contributed by atoms with Crippen molar-refractivity contribution in [2.75, 3.05) is 0 Å². The fraction of sp³-hybridized carbons (Fsp3) is 0.158. The molecule has 0 unspecified atom stereocenters. The van der Waals surface area contributed by atoms with Gasteiger partial charge in [0.05, 0.1) is 33.4 Å². The maximum atomic E-state index is 6.47. The predicted molar refractivity (Wildman–Crippen MR) is 179 cm³/mol. The summed E-state index contributed by atoms with van der Waals surface area (Å²) in [6.07, 6.45) is 0. The minimum Gasteiger partial charge on any atom is -0.399 e. The lowest BCUT2D eigenvalue weighted by atomic mass is 9.78. The van der Waals surface area contributed by atoms with Crippen LogP contribution < -0.4 is 5.46 Å². The fourth-order valence-electron chi connectivity index (χ4n) is 6.40. The van der Waals surface area contributed by atoms with E-state index in [1.165, 1.54) is 38.4 Å². The molecular formula is C38H33BN2O2. The largest absolute Gasteiger partial charge is 0.494 e. The van der Waals surface area contributed by atoms with Gasteiger partial charge in [0.2, 0.25) is 0 Å². The maximum absolute atomic E-state index is 6.47. The van der Waals surface area contributed by atoms with Gasteiger partial charge in [0.1, 0.15) is 0 Å². The van der Waals surface area contributed by atoms with Crippen LogP contribution in [0.2, 0.25) is 0 Å². The van der Waals surface area contributed by atoms with E-state index in [2.05, 4.69) is 164 Å². The average molecular weight is 561 g/mol. The first-order valence-electron chi connectivity index (χ1n) is 15.0. The zero-order chi connectivity index (χ0) is 29.3. The van der Waals surface area contributed by atoms with Gasteiger partial charge in [-0.05, 0) is 87.3 Å². The van der Waals surface area contributed by atoms with Gasteiger partial charge in [-0.15, -0.1) is 0 Å². The van der Waals surface area contributed by atoms with Crippen molar-refractivity contribution in [2.45, 2.75) is 38.9 Å². The van der Waals surface area contributed by atoms with Gasteiger partial charge >= 0.3 is 7.12 Å². The number of benzene rings is 5. The van der Waals surface area contributed by atoms with Crippen LogP contribution in [0.15, 0.2) is 127 Å². The van der Waals surface area contributed by atoms with Crippen LogP contribution in [0.4, 0.5) is 0 Å². The molecule has 0 aliphatic carbocycles. The lowest BCUT2D eigenvalue weighted by Gasteiger charge is -2.32. The van der Waals surface area contributed by atoms with Crippen LogP contribution in [0.3, 0.4) is 0 Å². The summed E-state index contributed by atoms with van der Waals surface area (Å²) in [5.74, 6) is 0. The summed E-state index contributed by atoms with van der Waals surface area (Å²) >= 11 is 0. The molecular weight excluding hydrogens is 527 g/mol. The molecule has 0 radical (unpaired) electrons. The Hall–Kier alpha value is -4.58. The molecule has 0 atom stereocenters. The van der Waals surface area contributed by atoms with Gasteiger partial charge in [-0.1, -0.05) is 78.9 Å². The Morgan fingerprint density at radius 2 is 1.07 bits per heavy atom. The fourth-order valence-corrected chi connectivity index (χ4v) is 6.40. The molecule has 4 nitrogen and oxygen atoms in total. The van der Waals surface area contributed by atoms with E-state index in [1.807, 2.05) is 0 Å². The van der Waals surface area contributed by atoms with Crippen LogP contribution >= 0.6 is 0 Å². The van der Waals surface area contributed by atoms with E-state index in [0.717, 1.165) is 22.4 Å². The van der Waals surface area contributed by atoms with Crippen LogP contribution in [-0.4, -0.2) is 27.5 Å². The van der Waals surface area contributed by atoms with Crippen molar-refractivity contribution < 1.29 is 9.31 Å². The molecule has 43 heavy (non-hydrogen) atoms. The Labute approximate surface area is 252 Å². The second-order valence-corrected chi connectivity index (χ2v) is 12.5. The minimum absolute atomic E-state index is 0.402. The van der Waals surface area contributed by atoms with Crippen LogP contribution in [0, 0.1) is 0 Å². The molecule has 0 bridgehead atoms. The number of para-hydroxylation sites is 2. The third kappa shape index (κ3) is 4.07. The van der Waals surface area contributed by atoms with Crippen molar-refractivity contribution >= 4 is 45.3 Å². The van der Waals surface area contributed by atoms with Crippen LogP contribution in [0.1, 0.15) is 27.7 Å². The molecule has 5 aromatic carbocycles. The lowest BCUT2D eigenvalue weighted by Crippen LogP contribution is -2.41. The van der Waals surface area contributed by atoms with Crippen molar-refractivity contribution in [1.82, 2.24) is 9.13 Å². The number of fused-ring (bicyclic) bond motifs is 4. The van der Waals surface area contributed by atoms with Crippen molar-refractivity contribution in [2.24, 2.45) is 0 Å². The van der Waals surface area contributed by atoms with Crippen molar-refractivity contribution in [1.29, 1.82) is 0 Å². The van der Waals surface area contributed by atoms with Gasteiger partial charge < -0.3 is 18.4 Å². The van der Waals surface area contributed by atoms with E-state index in [1.54, 1.807) is 0 Å². The molecule has 3 heterocycles. The van der Waals surface area contributed by atoms with Gasteiger partial charge in [-0.2, -0.15) is 0 Å². The molecule has 1 aliphatic rings. The molecule has 0 amide bonds. The number of hydrogen-bond donors (Lipinski definition) is 0. The lowest BCUT2D eigenvalue weighted by molar-refractivity contribution is 0.00578. The molecule has 8 rings (SSSR count). The quantitative estimate of drug-likeness (QED) is 0.202. The molecule has 210 valence electrons. The highest BCUT2D eigenvalue weighted by molar-refractivity contribution is 6.62. The predicted octanol–water partition coefficient (Wildman–Crippen LogP) is 8.69. The molecule has 1 saturated heterocycles. The first-order valence-corrected chi connectivity index (χ1v) is 15.0. The molecule has 2 aromatic heterocycles. The monoisotopic (exact) mass is 560 g/mol. The van der Waals surface area contributed by atoms with Crippen molar-refractivity contribution in [3.05, 3.63) is 127 Å². The summed E-state index contributed by atoms with van der Waals surface area (Å²) < 4.78 is 17.7. The van der Waals surface area contributed by atoms with E-state index >= 15 is 0 Å². The van der Waals surface area contributed by atoms with Crippen LogP contribution in [0.5, 0.6) is 0 Å². The summed E-state index contributed by atoms with van der Waals surface area (Å²) in [4.78, 5) is 0. The van der Waals surface area contributed by atoms with Crippen molar-refractivity contribution in [3.8, 4) is 22.6 Å². The number of hydrogen-bond acceptors (Lipinski definition) is 2. The Morgan fingerprint density at radius 3 is 1.70 bits per heavy atom. The molecule has 5 heteroatoms. The zero-order valence-electron chi connectivity index (χ0n) is 24.9. The topological polar surface area (TPSA) is 28.3 Å². The summed E-state index contributed by atoms with van der Waals surface area (Å²) in [6, 6.07) is 45.6. The second kappa shape index (κ2) is 9.47. The highest BCUT2D eigenvalue weighted by Crippen LogP contribution is 2.40. The summed E-state index contributed by atoms with van der Waals surface area (Å²) in [7, 11) is -0.425. The van der Waals surface area contributed by atoms with Gasteiger partial charge in [-0.25, -0.2) is 0 Å². The Morgan fingerprint density at radius 1 is 0.512 bits per heavy atom. The summed E-state index contributed by atoms with van der Waals surface area (Å²) in [6.45, 7) is 8.41. The molecule has 1 fully saturated rings. The summed E-state index contributed by atoms with van der Waals surface area (Å²) in [5.41, 5.74) is 8.36. The standard InChI is InChI=1S/C38H33BN2O2/c1-37(2)38(3,4)43-39(42-37)28-20-21-33-31(24-28)32-25-35-27(23-36(32)40(33)29-16-10-6-11-17-29)22-34(26-14-8-5-9-15-26)41(35)30-18-12-7-13-19-30/h5-25H,1-4H3. The smallest absolute Gasteiger partial charge is 0.399 e. The van der Waals surface area contributed by atoms with Crippen molar-refractivity contribution in [3.63, 3.8) is 0 Å². The second-order valence-electron chi connectivity index (χ2n) is 12.5. The minimum atomic E-state index is -0.425. The van der Waals surface area contributed by atoms with Crippen LogP contribution in [0.25, 0.3) is 55.3 Å². The number of rotatable bonds is 4. The number of aromatic nitrogens is 2. The first kappa shape index (κ1) is 26.1. The molecule has 0 saturated carbocycles. The highest BCUT2D eigenvalue weighted by Gasteiger charge is 2.51. The van der Waals surface area contributed by atoms with Crippen LogP contribution in [-0.2, 0) is 9.31 Å². The van der Waals surface area contributed by atoms with Gasteiger partial charge in [-0.3, -0.25) is 0 Å². The average Bonchev–Trinajstić information content (AvgIpc) is 3.62. The van der Waals surface area contributed by atoms with Gasteiger partial charge in [0.15, 0.2) is 0 Å². The first-order chi connectivity index (χ1) is 20.8. The Bertz CT molecular complexity index is 2110. The maximum Gasteiger partial charge on any atom is 0.494 e. The van der Waals surface area contributed by atoms with Gasteiger partial charge in [0, 0.05) is 27.5 Å². The summed E-state index contributed by atoms with van der Waals surface area (Å²) in [5, 5.41) is 3.57. The van der Waals surface area contributed by atoms with E-state index in [4.69, 9.17) is 9.31 Å².